The maximum absolute atomic E-state index is 10.4. The molecule has 1 aliphatic rings. The van der Waals surface area contributed by atoms with Gasteiger partial charge in [0.25, 0.3) is 0 Å². The summed E-state index contributed by atoms with van der Waals surface area (Å²) in [5.74, 6) is 0. The number of nitrogens with zero attached hydrogens (tertiary/aromatic N) is 1. The van der Waals surface area contributed by atoms with E-state index in [2.05, 4.69) is 38.1 Å². The molecule has 1 fully saturated rings. The van der Waals surface area contributed by atoms with Crippen molar-refractivity contribution in [3.05, 3.63) is 34.9 Å². The summed E-state index contributed by atoms with van der Waals surface area (Å²) in [6.07, 6.45) is 4.04. The van der Waals surface area contributed by atoms with Crippen LogP contribution in [-0.4, -0.2) is 36.2 Å². The van der Waals surface area contributed by atoms with Gasteiger partial charge in [-0.25, -0.2) is 0 Å². The topological polar surface area (TPSA) is 23.5 Å². The van der Waals surface area contributed by atoms with Crippen molar-refractivity contribution < 1.29 is 5.11 Å². The highest BCUT2D eigenvalue weighted by Gasteiger charge is 2.48. The van der Waals surface area contributed by atoms with Gasteiger partial charge in [-0.1, -0.05) is 37.1 Å². The number of likely N-dealkylation sites (N-methyl/N-ethyl adjacent to an activating group) is 1. The predicted octanol–water partition coefficient (Wildman–Crippen LogP) is 3.46. The minimum Gasteiger partial charge on any atom is -0.391 e. The van der Waals surface area contributed by atoms with E-state index in [1.807, 2.05) is 12.1 Å². The Balaban J connectivity index is 2.37. The van der Waals surface area contributed by atoms with Crippen LogP contribution in [0.2, 0.25) is 5.02 Å². The van der Waals surface area contributed by atoms with Crippen molar-refractivity contribution in [2.75, 3.05) is 14.1 Å². The van der Waals surface area contributed by atoms with Crippen LogP contribution in [-0.2, 0) is 5.41 Å². The third-order valence-electron chi connectivity index (χ3n) is 4.57. The van der Waals surface area contributed by atoms with Gasteiger partial charge >= 0.3 is 0 Å². The second-order valence-corrected chi connectivity index (χ2v) is 6.34. The first kappa shape index (κ1) is 14.8. The van der Waals surface area contributed by atoms with E-state index in [0.29, 0.717) is 0 Å². The number of halogens is 1. The molecule has 0 amide bonds. The molecule has 0 aromatic heterocycles. The summed E-state index contributed by atoms with van der Waals surface area (Å²) in [5, 5.41) is 11.2. The molecule has 0 saturated heterocycles. The second kappa shape index (κ2) is 5.82. The minimum atomic E-state index is -0.286. The summed E-state index contributed by atoms with van der Waals surface area (Å²) in [4.78, 5) is 2.18. The average molecular weight is 282 g/mol. The van der Waals surface area contributed by atoms with Crippen LogP contribution in [0.3, 0.4) is 0 Å². The van der Waals surface area contributed by atoms with E-state index in [4.69, 9.17) is 11.6 Å². The smallest absolute Gasteiger partial charge is 0.0701 e. The fourth-order valence-corrected chi connectivity index (χ4v) is 3.65. The number of rotatable bonds is 5. The van der Waals surface area contributed by atoms with Crippen LogP contribution in [0.1, 0.15) is 38.2 Å². The molecule has 19 heavy (non-hydrogen) atoms. The molecule has 1 N–H and O–H groups in total. The van der Waals surface area contributed by atoms with Crippen molar-refractivity contribution in [2.45, 2.75) is 50.2 Å². The van der Waals surface area contributed by atoms with Gasteiger partial charge in [-0.05, 0) is 51.1 Å². The van der Waals surface area contributed by atoms with Crippen molar-refractivity contribution in [1.82, 2.24) is 4.90 Å². The van der Waals surface area contributed by atoms with Crippen molar-refractivity contribution >= 4 is 11.6 Å². The molecule has 2 unspecified atom stereocenters. The quantitative estimate of drug-likeness (QED) is 0.893. The molecule has 0 bridgehead atoms. The minimum absolute atomic E-state index is 0.0868. The Morgan fingerprint density at radius 2 is 1.84 bits per heavy atom. The first-order chi connectivity index (χ1) is 9.01. The van der Waals surface area contributed by atoms with Crippen LogP contribution < -0.4 is 0 Å². The molecule has 1 aromatic carbocycles. The first-order valence-electron chi connectivity index (χ1n) is 7.12. The van der Waals surface area contributed by atoms with Gasteiger partial charge in [0.1, 0.15) is 0 Å². The molecule has 2 nitrogen and oxygen atoms in total. The molecule has 3 heteroatoms. The summed E-state index contributed by atoms with van der Waals surface area (Å²) >= 11 is 6.00. The van der Waals surface area contributed by atoms with Gasteiger partial charge in [0, 0.05) is 16.5 Å². The lowest BCUT2D eigenvalue weighted by atomic mass is 9.58. The molecule has 0 heterocycles. The van der Waals surface area contributed by atoms with E-state index in [1.54, 1.807) is 0 Å². The Bertz CT molecular complexity index is 411. The van der Waals surface area contributed by atoms with Crippen LogP contribution in [0.25, 0.3) is 0 Å². The third-order valence-corrected chi connectivity index (χ3v) is 4.82. The number of aliphatic hydroxyl groups excluding tert-OH is 1. The van der Waals surface area contributed by atoms with Gasteiger partial charge < -0.3 is 10.0 Å². The molecule has 0 aliphatic heterocycles. The molecule has 1 saturated carbocycles. The lowest BCUT2D eigenvalue weighted by Crippen LogP contribution is -2.57. The second-order valence-electron chi connectivity index (χ2n) is 5.90. The Morgan fingerprint density at radius 1 is 1.26 bits per heavy atom. The molecule has 1 aliphatic carbocycles. The molecule has 0 spiro atoms. The summed E-state index contributed by atoms with van der Waals surface area (Å²) in [6.45, 7) is 2.05. The highest BCUT2D eigenvalue weighted by atomic mass is 35.5. The zero-order valence-electron chi connectivity index (χ0n) is 12.1. The molecule has 0 radical (unpaired) electrons. The summed E-state index contributed by atoms with van der Waals surface area (Å²) in [6, 6.07) is 8.34. The van der Waals surface area contributed by atoms with Gasteiger partial charge in [0.15, 0.2) is 0 Å². The SMILES string of the molecule is CCC(O)C(N(C)C)C1(c2ccc(Cl)cc2)CCC1. The molecule has 2 rings (SSSR count). The lowest BCUT2D eigenvalue weighted by Gasteiger charge is -2.52. The van der Waals surface area contributed by atoms with E-state index in [1.165, 1.54) is 12.0 Å². The number of aliphatic hydroxyl groups is 1. The summed E-state index contributed by atoms with van der Waals surface area (Å²) < 4.78 is 0. The van der Waals surface area contributed by atoms with Gasteiger partial charge in [-0.3, -0.25) is 0 Å². The Hall–Kier alpha value is -0.570. The Labute approximate surface area is 121 Å². The number of benzene rings is 1. The van der Waals surface area contributed by atoms with E-state index in [9.17, 15) is 5.11 Å². The van der Waals surface area contributed by atoms with E-state index in [-0.39, 0.29) is 17.6 Å². The average Bonchev–Trinajstić information content (AvgIpc) is 2.33. The highest BCUT2D eigenvalue weighted by Crippen LogP contribution is 2.49. The van der Waals surface area contributed by atoms with Gasteiger partial charge in [0.2, 0.25) is 0 Å². The van der Waals surface area contributed by atoms with Crippen molar-refractivity contribution in [1.29, 1.82) is 0 Å². The zero-order valence-corrected chi connectivity index (χ0v) is 12.8. The van der Waals surface area contributed by atoms with E-state index >= 15 is 0 Å². The van der Waals surface area contributed by atoms with Crippen LogP contribution in [0.5, 0.6) is 0 Å². The van der Waals surface area contributed by atoms with Crippen molar-refractivity contribution in [3.63, 3.8) is 0 Å². The Kier molecular flexibility index (Phi) is 4.54. The maximum Gasteiger partial charge on any atom is 0.0701 e. The third kappa shape index (κ3) is 2.67. The maximum atomic E-state index is 10.4. The van der Waals surface area contributed by atoms with Gasteiger partial charge in [-0.15, -0.1) is 0 Å². The fraction of sp³-hybridized carbons (Fsp3) is 0.625. The fourth-order valence-electron chi connectivity index (χ4n) is 3.52. The predicted molar refractivity (Wildman–Crippen MR) is 80.8 cm³/mol. The molecular weight excluding hydrogens is 258 g/mol. The zero-order chi connectivity index (χ0) is 14.0. The number of hydrogen-bond acceptors (Lipinski definition) is 2. The summed E-state index contributed by atoms with van der Waals surface area (Å²) in [5.41, 5.74) is 1.40. The molecular formula is C16H24ClNO. The van der Waals surface area contributed by atoms with Gasteiger partial charge in [-0.2, -0.15) is 0 Å². The monoisotopic (exact) mass is 281 g/mol. The largest absolute Gasteiger partial charge is 0.391 e. The molecule has 1 aromatic rings. The standard InChI is InChI=1S/C16H24ClNO/c1-4-14(19)15(18(2)3)16(10-5-11-16)12-6-8-13(17)9-7-12/h6-9,14-15,19H,4-5,10-11H2,1-3H3. The number of hydrogen-bond donors (Lipinski definition) is 1. The van der Waals surface area contributed by atoms with Gasteiger partial charge in [0.05, 0.1) is 6.10 Å². The van der Waals surface area contributed by atoms with Crippen LogP contribution in [0, 0.1) is 0 Å². The molecule has 106 valence electrons. The van der Waals surface area contributed by atoms with Crippen LogP contribution in [0.15, 0.2) is 24.3 Å². The molecule has 2 atom stereocenters. The highest BCUT2D eigenvalue weighted by molar-refractivity contribution is 6.30. The Morgan fingerprint density at radius 3 is 2.21 bits per heavy atom. The van der Waals surface area contributed by atoms with Crippen molar-refractivity contribution in [3.8, 4) is 0 Å². The first-order valence-corrected chi connectivity index (χ1v) is 7.49. The van der Waals surface area contributed by atoms with Crippen molar-refractivity contribution in [2.24, 2.45) is 0 Å². The van der Waals surface area contributed by atoms with Crippen LogP contribution in [0.4, 0.5) is 0 Å². The lowest BCUT2D eigenvalue weighted by molar-refractivity contribution is -0.00763. The summed E-state index contributed by atoms with van der Waals surface area (Å²) in [7, 11) is 4.14. The van der Waals surface area contributed by atoms with E-state index in [0.717, 1.165) is 24.3 Å². The van der Waals surface area contributed by atoms with Crippen LogP contribution >= 0.6 is 11.6 Å². The normalized spacial score (nSPS) is 20.9. The van der Waals surface area contributed by atoms with E-state index < -0.39 is 0 Å².